The third kappa shape index (κ3) is 6.26. The van der Waals surface area contributed by atoms with Gasteiger partial charge >= 0.3 is 0 Å². The molecule has 1 rings (SSSR count). The van der Waals surface area contributed by atoms with Gasteiger partial charge in [-0.2, -0.15) is 0 Å². The number of nitrogens with one attached hydrogen (secondary N) is 1. The fourth-order valence-corrected chi connectivity index (χ4v) is 1.75. The Labute approximate surface area is 136 Å². The maximum absolute atomic E-state index is 12.8. The Bertz CT molecular complexity index is 538. The Balaban J connectivity index is 2.41. The van der Waals surface area contributed by atoms with Gasteiger partial charge in [0, 0.05) is 12.5 Å². The van der Waals surface area contributed by atoms with E-state index in [1.807, 2.05) is 0 Å². The molecule has 1 unspecified atom stereocenters. The third-order valence-corrected chi connectivity index (χ3v) is 3.28. The number of hydrogen-bond acceptors (Lipinski definition) is 3. The van der Waals surface area contributed by atoms with E-state index in [4.69, 9.17) is 4.74 Å². The standard InChI is InChI=1S/C17H25FN2O3/c1-12(19-16(22)17(2,3)4)15(21)20(5)10-11-23-14-8-6-13(18)7-9-14/h6-9,12H,10-11H2,1-5H3,(H,19,22). The van der Waals surface area contributed by atoms with E-state index >= 15 is 0 Å². The van der Waals surface area contributed by atoms with E-state index in [9.17, 15) is 14.0 Å². The Morgan fingerprint density at radius 1 is 1.26 bits per heavy atom. The van der Waals surface area contributed by atoms with Crippen LogP contribution >= 0.6 is 0 Å². The Morgan fingerprint density at radius 2 is 1.83 bits per heavy atom. The van der Waals surface area contributed by atoms with E-state index in [1.54, 1.807) is 34.7 Å². The SMILES string of the molecule is CC(NC(=O)C(C)(C)C)C(=O)N(C)CCOc1ccc(F)cc1. The van der Waals surface area contributed by atoms with Gasteiger partial charge in [-0.15, -0.1) is 0 Å². The predicted octanol–water partition coefficient (Wildman–Crippen LogP) is 2.21. The van der Waals surface area contributed by atoms with Gasteiger partial charge in [0.25, 0.3) is 0 Å². The largest absolute Gasteiger partial charge is 0.492 e. The molecule has 0 aromatic heterocycles. The summed E-state index contributed by atoms with van der Waals surface area (Å²) in [5, 5.41) is 2.70. The number of halogens is 1. The molecule has 0 spiro atoms. The number of nitrogens with zero attached hydrogens (tertiary/aromatic N) is 1. The maximum atomic E-state index is 12.8. The summed E-state index contributed by atoms with van der Waals surface area (Å²) in [6.07, 6.45) is 0. The number of carbonyl (C=O) groups excluding carboxylic acids is 2. The molecule has 0 heterocycles. The number of amides is 2. The van der Waals surface area contributed by atoms with Crippen LogP contribution in [0.1, 0.15) is 27.7 Å². The van der Waals surface area contributed by atoms with Crippen LogP contribution in [0.5, 0.6) is 5.75 Å². The molecule has 1 atom stereocenters. The molecule has 0 bridgehead atoms. The molecular formula is C17H25FN2O3. The van der Waals surface area contributed by atoms with Crippen LogP contribution in [0.2, 0.25) is 0 Å². The molecule has 0 aliphatic heterocycles. The van der Waals surface area contributed by atoms with Crippen molar-refractivity contribution >= 4 is 11.8 Å². The second-order valence-corrected chi connectivity index (χ2v) is 6.51. The van der Waals surface area contributed by atoms with Gasteiger partial charge < -0.3 is 15.0 Å². The highest BCUT2D eigenvalue weighted by molar-refractivity contribution is 5.89. The van der Waals surface area contributed by atoms with Gasteiger partial charge in [-0.05, 0) is 31.2 Å². The van der Waals surface area contributed by atoms with Crippen molar-refractivity contribution in [3.63, 3.8) is 0 Å². The van der Waals surface area contributed by atoms with Gasteiger partial charge in [-0.3, -0.25) is 9.59 Å². The zero-order valence-electron chi connectivity index (χ0n) is 14.4. The zero-order valence-corrected chi connectivity index (χ0v) is 14.4. The maximum Gasteiger partial charge on any atom is 0.244 e. The van der Waals surface area contributed by atoms with E-state index in [0.717, 1.165) is 0 Å². The average Bonchev–Trinajstić information content (AvgIpc) is 2.47. The van der Waals surface area contributed by atoms with E-state index in [-0.39, 0.29) is 24.2 Å². The molecule has 0 saturated heterocycles. The van der Waals surface area contributed by atoms with Crippen LogP contribution in [0, 0.1) is 11.2 Å². The number of rotatable bonds is 6. The first-order valence-electron chi connectivity index (χ1n) is 7.55. The fourth-order valence-electron chi connectivity index (χ4n) is 1.75. The van der Waals surface area contributed by atoms with Crippen molar-refractivity contribution in [2.24, 2.45) is 5.41 Å². The van der Waals surface area contributed by atoms with Crippen LogP contribution in [-0.4, -0.2) is 43.0 Å². The van der Waals surface area contributed by atoms with Crippen LogP contribution in [0.25, 0.3) is 0 Å². The molecule has 2 amide bonds. The highest BCUT2D eigenvalue weighted by atomic mass is 19.1. The zero-order chi connectivity index (χ0) is 17.6. The second kappa shape index (κ2) is 7.94. The van der Waals surface area contributed by atoms with Crippen LogP contribution < -0.4 is 10.1 Å². The van der Waals surface area contributed by atoms with Gasteiger partial charge in [-0.25, -0.2) is 4.39 Å². The minimum Gasteiger partial charge on any atom is -0.492 e. The molecule has 0 aliphatic carbocycles. The van der Waals surface area contributed by atoms with Crippen molar-refractivity contribution in [1.29, 1.82) is 0 Å². The second-order valence-electron chi connectivity index (χ2n) is 6.51. The fraction of sp³-hybridized carbons (Fsp3) is 0.529. The average molecular weight is 324 g/mol. The van der Waals surface area contributed by atoms with E-state index < -0.39 is 11.5 Å². The van der Waals surface area contributed by atoms with Crippen molar-refractivity contribution in [1.82, 2.24) is 10.2 Å². The van der Waals surface area contributed by atoms with Crippen molar-refractivity contribution in [2.75, 3.05) is 20.2 Å². The molecule has 0 radical (unpaired) electrons. The van der Waals surface area contributed by atoms with Crippen LogP contribution in [0.4, 0.5) is 4.39 Å². The van der Waals surface area contributed by atoms with E-state index in [2.05, 4.69) is 5.32 Å². The van der Waals surface area contributed by atoms with Gasteiger partial charge in [0.15, 0.2) is 0 Å². The first-order chi connectivity index (χ1) is 10.6. The van der Waals surface area contributed by atoms with Crippen molar-refractivity contribution in [2.45, 2.75) is 33.7 Å². The molecular weight excluding hydrogens is 299 g/mol. The van der Waals surface area contributed by atoms with Crippen LogP contribution in [0.3, 0.4) is 0 Å². The summed E-state index contributed by atoms with van der Waals surface area (Å²) in [5.74, 6) is -0.144. The molecule has 128 valence electrons. The van der Waals surface area contributed by atoms with Gasteiger partial charge in [0.05, 0.1) is 6.54 Å². The molecule has 0 fully saturated rings. The van der Waals surface area contributed by atoms with E-state index in [1.165, 1.54) is 29.2 Å². The predicted molar refractivity (Wildman–Crippen MR) is 86.6 cm³/mol. The molecule has 1 aromatic rings. The summed E-state index contributed by atoms with van der Waals surface area (Å²) in [7, 11) is 1.65. The minimum absolute atomic E-state index is 0.172. The van der Waals surface area contributed by atoms with Crippen molar-refractivity contribution in [3.8, 4) is 5.75 Å². The molecule has 1 aromatic carbocycles. The number of benzene rings is 1. The number of hydrogen-bond donors (Lipinski definition) is 1. The Kier molecular flexibility index (Phi) is 6.54. The quantitative estimate of drug-likeness (QED) is 0.873. The number of ether oxygens (including phenoxy) is 1. The normalized spacial score (nSPS) is 12.4. The molecule has 1 N–H and O–H groups in total. The smallest absolute Gasteiger partial charge is 0.244 e. The molecule has 5 nitrogen and oxygen atoms in total. The lowest BCUT2D eigenvalue weighted by Crippen LogP contribution is -2.49. The van der Waals surface area contributed by atoms with Crippen LogP contribution in [0.15, 0.2) is 24.3 Å². The summed E-state index contributed by atoms with van der Waals surface area (Å²) in [6.45, 7) is 7.68. The van der Waals surface area contributed by atoms with Crippen molar-refractivity contribution < 1.29 is 18.7 Å². The first-order valence-corrected chi connectivity index (χ1v) is 7.55. The highest BCUT2D eigenvalue weighted by Crippen LogP contribution is 2.13. The Morgan fingerprint density at radius 3 is 2.35 bits per heavy atom. The van der Waals surface area contributed by atoms with Gasteiger partial charge in [0.1, 0.15) is 24.2 Å². The minimum atomic E-state index is -0.599. The van der Waals surface area contributed by atoms with Crippen LogP contribution in [-0.2, 0) is 9.59 Å². The van der Waals surface area contributed by atoms with Gasteiger partial charge in [0.2, 0.25) is 11.8 Å². The summed E-state index contributed by atoms with van der Waals surface area (Å²) in [6, 6.07) is 5.09. The topological polar surface area (TPSA) is 58.6 Å². The monoisotopic (exact) mass is 324 g/mol. The molecule has 0 saturated carbocycles. The number of likely N-dealkylation sites (N-methyl/N-ethyl adjacent to an activating group) is 1. The summed E-state index contributed by atoms with van der Waals surface area (Å²) < 4.78 is 18.2. The molecule has 23 heavy (non-hydrogen) atoms. The van der Waals surface area contributed by atoms with Crippen molar-refractivity contribution in [3.05, 3.63) is 30.1 Å². The van der Waals surface area contributed by atoms with Gasteiger partial charge in [-0.1, -0.05) is 20.8 Å². The summed E-state index contributed by atoms with van der Waals surface area (Å²) in [5.41, 5.74) is -0.543. The summed E-state index contributed by atoms with van der Waals surface area (Å²) >= 11 is 0. The molecule has 6 heteroatoms. The lowest BCUT2D eigenvalue weighted by molar-refractivity contribution is -0.137. The third-order valence-electron chi connectivity index (χ3n) is 3.28. The first kappa shape index (κ1) is 18.9. The lowest BCUT2D eigenvalue weighted by atomic mass is 9.95. The lowest BCUT2D eigenvalue weighted by Gasteiger charge is -2.25. The van der Waals surface area contributed by atoms with E-state index in [0.29, 0.717) is 12.3 Å². The molecule has 0 aliphatic rings. The Hall–Kier alpha value is -2.11. The number of carbonyl (C=O) groups is 2. The summed E-state index contributed by atoms with van der Waals surface area (Å²) in [4.78, 5) is 25.6. The highest BCUT2D eigenvalue weighted by Gasteiger charge is 2.26.